The molecule has 74 heavy (non-hydrogen) atoms. The molecule has 0 aliphatic rings. The minimum absolute atomic E-state index is 0.0874. The van der Waals surface area contributed by atoms with Crippen LogP contribution in [0.1, 0.15) is 297 Å². The first-order valence-electron chi connectivity index (χ1n) is 31.2. The van der Waals surface area contributed by atoms with Gasteiger partial charge in [-0.15, -0.1) is 0 Å². The lowest BCUT2D eigenvalue weighted by atomic mass is 10.0. The van der Waals surface area contributed by atoms with Crippen molar-refractivity contribution in [2.24, 2.45) is 0 Å². The summed E-state index contributed by atoms with van der Waals surface area (Å²) in [5.41, 5.74) is 0. The van der Waals surface area contributed by atoms with E-state index in [1.807, 2.05) is 0 Å². The molecular weight excluding hydrogens is 913 g/mol. The van der Waals surface area contributed by atoms with Crippen LogP contribution >= 0.6 is 0 Å². The number of carbonyl (C=O) groups is 3. The molecule has 0 bridgehead atoms. The van der Waals surface area contributed by atoms with Gasteiger partial charge in [0.2, 0.25) is 0 Å². The second-order valence-electron chi connectivity index (χ2n) is 20.6. The van der Waals surface area contributed by atoms with Crippen LogP contribution in [0.15, 0.2) is 97.2 Å². The highest BCUT2D eigenvalue weighted by Gasteiger charge is 2.19. The zero-order valence-corrected chi connectivity index (χ0v) is 48.6. The Morgan fingerprint density at radius 3 is 0.824 bits per heavy atom. The van der Waals surface area contributed by atoms with E-state index in [-0.39, 0.29) is 31.1 Å². The minimum atomic E-state index is -0.793. The van der Waals surface area contributed by atoms with Gasteiger partial charge < -0.3 is 14.2 Å². The van der Waals surface area contributed by atoms with Gasteiger partial charge >= 0.3 is 17.9 Å². The summed E-state index contributed by atoms with van der Waals surface area (Å²) in [5, 5.41) is 0. The lowest BCUT2D eigenvalue weighted by molar-refractivity contribution is -0.167. The molecule has 0 aliphatic carbocycles. The van der Waals surface area contributed by atoms with Crippen molar-refractivity contribution in [2.75, 3.05) is 13.2 Å². The van der Waals surface area contributed by atoms with Gasteiger partial charge in [0.05, 0.1) is 0 Å². The number of esters is 3. The van der Waals surface area contributed by atoms with Gasteiger partial charge in [-0.3, -0.25) is 14.4 Å². The van der Waals surface area contributed by atoms with E-state index in [0.717, 1.165) is 109 Å². The van der Waals surface area contributed by atoms with Gasteiger partial charge in [-0.1, -0.05) is 291 Å². The van der Waals surface area contributed by atoms with E-state index in [2.05, 4.69) is 118 Å². The first-order valence-corrected chi connectivity index (χ1v) is 31.2. The summed E-state index contributed by atoms with van der Waals surface area (Å²) in [4.78, 5) is 38.2. The summed E-state index contributed by atoms with van der Waals surface area (Å²) in [6.45, 7) is 6.52. The maximum absolute atomic E-state index is 12.9. The van der Waals surface area contributed by atoms with E-state index in [0.29, 0.717) is 19.3 Å². The van der Waals surface area contributed by atoms with Crippen molar-refractivity contribution in [2.45, 2.75) is 303 Å². The standard InChI is InChI=1S/C68H116O6/c1-4-7-10-13-16-19-22-25-28-29-30-31-32-33-34-35-36-37-38-39-41-43-46-49-52-55-58-61-67(70)73-64-65(63-72-66(69)60-57-54-51-48-45-42-27-24-21-18-15-12-9-6-3)74-68(71)62-59-56-53-50-47-44-40-26-23-20-17-14-11-8-5-2/h7,10,16,19,25,28,30-31,33-34,36-37,39,41,46,49,65H,4-6,8-9,11-15,17-18,20-24,26-27,29,32,35,38,40,42-45,47-48,50-64H2,1-3H3/b10-7-,19-16-,28-25-,31-30-,34-33-,37-36-,41-39-,49-46-. The normalized spacial score (nSPS) is 12.7. The molecule has 1 unspecified atom stereocenters. The number of hydrogen-bond acceptors (Lipinski definition) is 6. The molecule has 0 saturated carbocycles. The van der Waals surface area contributed by atoms with Gasteiger partial charge in [0.25, 0.3) is 0 Å². The van der Waals surface area contributed by atoms with Crippen molar-refractivity contribution in [1.29, 1.82) is 0 Å². The van der Waals surface area contributed by atoms with E-state index >= 15 is 0 Å². The third-order valence-electron chi connectivity index (χ3n) is 13.4. The van der Waals surface area contributed by atoms with Crippen molar-refractivity contribution >= 4 is 17.9 Å². The molecule has 6 nitrogen and oxygen atoms in total. The predicted octanol–water partition coefficient (Wildman–Crippen LogP) is 21.3. The highest BCUT2D eigenvalue weighted by atomic mass is 16.6. The largest absolute Gasteiger partial charge is 0.462 e. The molecule has 0 aromatic carbocycles. The first kappa shape index (κ1) is 70.3. The molecule has 0 radical (unpaired) electrons. The molecule has 0 spiro atoms. The second kappa shape index (κ2) is 61.9. The van der Waals surface area contributed by atoms with Crippen LogP contribution in [0.25, 0.3) is 0 Å². The molecule has 0 aromatic heterocycles. The molecule has 1 atom stereocenters. The SMILES string of the molecule is CC/C=C\C/C=C\C/C=C\C/C=C\C/C=C\C/C=C\C/C=C\C/C=C\CCCCC(=O)OCC(COC(=O)CCCCCCCCCCCCCCCC)OC(=O)CCCCCCCCCCCCCCCCC. The molecule has 0 aliphatic heterocycles. The van der Waals surface area contributed by atoms with E-state index in [4.69, 9.17) is 14.2 Å². The van der Waals surface area contributed by atoms with Crippen molar-refractivity contribution in [3.8, 4) is 0 Å². The van der Waals surface area contributed by atoms with Crippen LogP contribution in [0, 0.1) is 0 Å². The average molecular weight is 1030 g/mol. The maximum atomic E-state index is 12.9. The average Bonchev–Trinajstić information content (AvgIpc) is 3.40. The third kappa shape index (κ3) is 59.2. The van der Waals surface area contributed by atoms with E-state index in [9.17, 15) is 14.4 Å². The van der Waals surface area contributed by atoms with Gasteiger partial charge in [-0.2, -0.15) is 0 Å². The predicted molar refractivity (Wildman–Crippen MR) is 320 cm³/mol. The van der Waals surface area contributed by atoms with Crippen LogP contribution in [-0.2, 0) is 28.6 Å². The van der Waals surface area contributed by atoms with Gasteiger partial charge in [0.1, 0.15) is 13.2 Å². The Kier molecular flexibility index (Phi) is 58.8. The van der Waals surface area contributed by atoms with Gasteiger partial charge in [0, 0.05) is 19.3 Å². The van der Waals surface area contributed by atoms with Crippen LogP contribution in [0.2, 0.25) is 0 Å². The number of carbonyl (C=O) groups excluding carboxylic acids is 3. The highest BCUT2D eigenvalue weighted by molar-refractivity contribution is 5.71. The molecule has 0 N–H and O–H groups in total. The number of allylic oxidation sites excluding steroid dienone is 16. The first-order chi connectivity index (χ1) is 36.5. The molecule has 0 fully saturated rings. The van der Waals surface area contributed by atoms with Crippen LogP contribution in [-0.4, -0.2) is 37.2 Å². The minimum Gasteiger partial charge on any atom is -0.462 e. The lowest BCUT2D eigenvalue weighted by Crippen LogP contribution is -2.30. The Morgan fingerprint density at radius 2 is 0.527 bits per heavy atom. The number of rotatable bonds is 56. The topological polar surface area (TPSA) is 78.9 Å². The molecule has 0 saturated heterocycles. The summed E-state index contributed by atoms with van der Waals surface area (Å²) in [6, 6.07) is 0. The Labute approximate surface area is 457 Å². The summed E-state index contributed by atoms with van der Waals surface area (Å²) in [5.74, 6) is -0.922. The fourth-order valence-corrected chi connectivity index (χ4v) is 8.69. The van der Waals surface area contributed by atoms with Crippen LogP contribution < -0.4 is 0 Å². The Morgan fingerprint density at radius 1 is 0.284 bits per heavy atom. The summed E-state index contributed by atoms with van der Waals surface area (Å²) in [7, 11) is 0. The van der Waals surface area contributed by atoms with Crippen molar-refractivity contribution in [3.63, 3.8) is 0 Å². The monoisotopic (exact) mass is 1030 g/mol. The quantitative estimate of drug-likeness (QED) is 0.0261. The van der Waals surface area contributed by atoms with Crippen molar-refractivity contribution < 1.29 is 28.6 Å². The van der Waals surface area contributed by atoms with E-state index < -0.39 is 6.10 Å². The molecule has 424 valence electrons. The fourth-order valence-electron chi connectivity index (χ4n) is 8.69. The molecule has 0 aromatic rings. The molecular formula is C68H116O6. The van der Waals surface area contributed by atoms with Crippen LogP contribution in [0.5, 0.6) is 0 Å². The Hall–Kier alpha value is -3.67. The van der Waals surface area contributed by atoms with Gasteiger partial charge in [-0.05, 0) is 83.5 Å². The summed E-state index contributed by atoms with van der Waals surface area (Å²) in [6.07, 6.45) is 82.6. The zero-order valence-electron chi connectivity index (χ0n) is 48.6. The van der Waals surface area contributed by atoms with Crippen molar-refractivity contribution in [3.05, 3.63) is 97.2 Å². The van der Waals surface area contributed by atoms with E-state index in [1.54, 1.807) is 0 Å². The van der Waals surface area contributed by atoms with Gasteiger partial charge in [-0.25, -0.2) is 0 Å². The Balaban J connectivity index is 4.40. The van der Waals surface area contributed by atoms with Crippen LogP contribution in [0.3, 0.4) is 0 Å². The van der Waals surface area contributed by atoms with E-state index in [1.165, 1.54) is 148 Å². The molecule has 0 rings (SSSR count). The number of ether oxygens (including phenoxy) is 3. The smallest absolute Gasteiger partial charge is 0.306 e. The van der Waals surface area contributed by atoms with Gasteiger partial charge in [0.15, 0.2) is 6.10 Å². The molecule has 0 amide bonds. The maximum Gasteiger partial charge on any atom is 0.306 e. The fraction of sp³-hybridized carbons (Fsp3) is 0.721. The molecule has 6 heteroatoms. The Bertz CT molecular complexity index is 1460. The molecule has 0 heterocycles. The van der Waals surface area contributed by atoms with Crippen LogP contribution in [0.4, 0.5) is 0 Å². The third-order valence-corrected chi connectivity index (χ3v) is 13.4. The lowest BCUT2D eigenvalue weighted by Gasteiger charge is -2.18. The summed E-state index contributed by atoms with van der Waals surface area (Å²) >= 11 is 0. The second-order valence-corrected chi connectivity index (χ2v) is 20.6. The zero-order chi connectivity index (χ0) is 53.6. The highest BCUT2D eigenvalue weighted by Crippen LogP contribution is 2.16. The van der Waals surface area contributed by atoms with Crippen molar-refractivity contribution in [1.82, 2.24) is 0 Å². The number of unbranched alkanes of at least 4 members (excludes halogenated alkanes) is 29. The number of hydrogen-bond donors (Lipinski definition) is 0. The summed E-state index contributed by atoms with van der Waals surface area (Å²) < 4.78 is 16.9.